The molecule has 1 aromatic carbocycles. The minimum absolute atomic E-state index is 0.0277. The Balaban J connectivity index is 1.38. The highest BCUT2D eigenvalue weighted by Crippen LogP contribution is 2.32. The zero-order valence-electron chi connectivity index (χ0n) is 17.9. The van der Waals surface area contributed by atoms with Crippen LogP contribution in [0.5, 0.6) is 5.75 Å². The Labute approximate surface area is 191 Å². The second kappa shape index (κ2) is 9.56. The molecule has 3 aromatic rings. The number of rotatable bonds is 8. The van der Waals surface area contributed by atoms with Crippen LogP contribution in [0.4, 0.5) is 5.82 Å². The Morgan fingerprint density at radius 2 is 2.09 bits per heavy atom. The van der Waals surface area contributed by atoms with Gasteiger partial charge in [0.25, 0.3) is 5.89 Å². The fourth-order valence-electron chi connectivity index (χ4n) is 3.81. The Morgan fingerprint density at radius 1 is 1.28 bits per heavy atom. The smallest absolute Gasteiger partial charge is 0.306 e. The first-order valence-corrected chi connectivity index (χ1v) is 11.0. The molecule has 0 saturated heterocycles. The highest BCUT2D eigenvalue weighted by atomic mass is 35.5. The summed E-state index contributed by atoms with van der Waals surface area (Å²) in [5.74, 6) is 1.54. The van der Waals surface area contributed by atoms with Crippen LogP contribution in [-0.4, -0.2) is 38.8 Å². The molecule has 0 amide bonds. The van der Waals surface area contributed by atoms with Gasteiger partial charge in [-0.2, -0.15) is 4.98 Å². The number of nitrogens with zero attached hydrogens (tertiary/aromatic N) is 3. The van der Waals surface area contributed by atoms with Crippen LogP contribution in [0.15, 0.2) is 41.1 Å². The Bertz CT molecular complexity index is 1080. The van der Waals surface area contributed by atoms with Crippen molar-refractivity contribution in [1.29, 1.82) is 0 Å². The summed E-state index contributed by atoms with van der Waals surface area (Å²) >= 11 is 6.31. The quantitative estimate of drug-likeness (QED) is 0.478. The molecule has 2 aromatic heterocycles. The average Bonchev–Trinajstić information content (AvgIpc) is 3.44. The van der Waals surface area contributed by atoms with Gasteiger partial charge in [-0.3, -0.25) is 4.79 Å². The van der Waals surface area contributed by atoms with Gasteiger partial charge in [0.05, 0.1) is 22.6 Å². The first-order valence-electron chi connectivity index (χ1n) is 10.6. The molecular formula is C23H25ClN4O4. The maximum absolute atomic E-state index is 11.1. The van der Waals surface area contributed by atoms with Gasteiger partial charge >= 0.3 is 5.97 Å². The van der Waals surface area contributed by atoms with E-state index in [4.69, 9.17) is 26.0 Å². The number of nitrogens with one attached hydrogen (secondary N) is 1. The molecule has 1 fully saturated rings. The van der Waals surface area contributed by atoms with E-state index in [0.717, 1.165) is 24.2 Å². The van der Waals surface area contributed by atoms with Gasteiger partial charge in [0.15, 0.2) is 0 Å². The highest BCUT2D eigenvalue weighted by Gasteiger charge is 2.29. The second-order valence-corrected chi connectivity index (χ2v) is 8.67. The van der Waals surface area contributed by atoms with Crippen LogP contribution in [0.1, 0.15) is 33.1 Å². The number of hydrogen-bond donors (Lipinski definition) is 2. The van der Waals surface area contributed by atoms with Gasteiger partial charge in [0.1, 0.15) is 11.6 Å². The normalized spacial score (nSPS) is 18.1. The lowest BCUT2D eigenvalue weighted by molar-refractivity contribution is -0.141. The third kappa shape index (κ3) is 5.19. The van der Waals surface area contributed by atoms with E-state index < -0.39 is 5.97 Å². The van der Waals surface area contributed by atoms with E-state index >= 15 is 0 Å². The van der Waals surface area contributed by atoms with E-state index in [1.807, 2.05) is 32.0 Å². The van der Waals surface area contributed by atoms with Crippen molar-refractivity contribution >= 4 is 23.4 Å². The summed E-state index contributed by atoms with van der Waals surface area (Å²) < 4.78 is 11.1. The molecule has 1 aliphatic rings. The molecule has 0 radical (unpaired) electrons. The molecule has 4 rings (SSSR count). The van der Waals surface area contributed by atoms with Crippen molar-refractivity contribution in [2.75, 3.05) is 11.9 Å². The lowest BCUT2D eigenvalue weighted by atomic mass is 10.1. The summed E-state index contributed by atoms with van der Waals surface area (Å²) in [5.41, 5.74) is 1.43. The predicted octanol–water partition coefficient (Wildman–Crippen LogP) is 5.15. The fourth-order valence-corrected chi connectivity index (χ4v) is 4.03. The third-order valence-electron chi connectivity index (χ3n) is 5.45. The van der Waals surface area contributed by atoms with E-state index in [1.54, 1.807) is 18.3 Å². The summed E-state index contributed by atoms with van der Waals surface area (Å²) in [6.45, 7) is 4.58. The van der Waals surface area contributed by atoms with Crippen LogP contribution in [-0.2, 0) is 4.79 Å². The summed E-state index contributed by atoms with van der Waals surface area (Å²) in [4.78, 5) is 20.0. The summed E-state index contributed by atoms with van der Waals surface area (Å²) in [6.07, 6.45) is 4.06. The molecular weight excluding hydrogens is 432 g/mol. The maximum Gasteiger partial charge on any atom is 0.306 e. The Hall–Kier alpha value is -3.13. The molecule has 168 valence electrons. The van der Waals surface area contributed by atoms with Crippen molar-refractivity contribution in [2.24, 2.45) is 11.8 Å². The number of hydrogen-bond acceptors (Lipinski definition) is 7. The number of pyridine rings is 1. The van der Waals surface area contributed by atoms with Crippen molar-refractivity contribution in [1.82, 2.24) is 15.1 Å². The van der Waals surface area contributed by atoms with Gasteiger partial charge in [-0.1, -0.05) is 16.8 Å². The van der Waals surface area contributed by atoms with Crippen LogP contribution in [0.3, 0.4) is 0 Å². The number of anilines is 1. The zero-order chi connectivity index (χ0) is 22.7. The maximum atomic E-state index is 11.1. The van der Waals surface area contributed by atoms with Gasteiger partial charge in [0.2, 0.25) is 5.82 Å². The number of aromatic nitrogens is 3. The molecule has 9 heteroatoms. The lowest BCUT2D eigenvalue weighted by Gasteiger charge is -2.11. The van der Waals surface area contributed by atoms with Gasteiger partial charge in [-0.15, -0.1) is 0 Å². The van der Waals surface area contributed by atoms with E-state index in [0.29, 0.717) is 46.9 Å². The molecule has 1 aliphatic carbocycles. The minimum atomic E-state index is -0.698. The van der Waals surface area contributed by atoms with Gasteiger partial charge in [0, 0.05) is 18.3 Å². The van der Waals surface area contributed by atoms with Crippen LogP contribution in [0.25, 0.3) is 22.8 Å². The minimum Gasteiger partial charge on any atom is -0.489 e. The van der Waals surface area contributed by atoms with Crippen molar-refractivity contribution in [3.8, 4) is 28.6 Å². The summed E-state index contributed by atoms with van der Waals surface area (Å²) in [7, 11) is 0. The Morgan fingerprint density at radius 3 is 2.75 bits per heavy atom. The summed E-state index contributed by atoms with van der Waals surface area (Å²) in [5, 5.41) is 16.9. The zero-order valence-corrected chi connectivity index (χ0v) is 18.7. The van der Waals surface area contributed by atoms with Crippen LogP contribution >= 0.6 is 11.6 Å². The number of benzene rings is 1. The number of carboxylic acid groups (broad SMARTS) is 1. The van der Waals surface area contributed by atoms with E-state index in [1.165, 1.54) is 0 Å². The van der Waals surface area contributed by atoms with Gasteiger partial charge in [-0.05, 0) is 69.4 Å². The van der Waals surface area contributed by atoms with Crippen molar-refractivity contribution < 1.29 is 19.2 Å². The van der Waals surface area contributed by atoms with E-state index in [9.17, 15) is 4.79 Å². The molecule has 1 saturated carbocycles. The molecule has 8 nitrogen and oxygen atoms in total. The van der Waals surface area contributed by atoms with E-state index in [-0.39, 0.29) is 12.0 Å². The number of aliphatic carboxylic acids is 1. The lowest BCUT2D eigenvalue weighted by Crippen LogP contribution is -2.14. The van der Waals surface area contributed by atoms with Crippen molar-refractivity contribution in [3.63, 3.8) is 0 Å². The first kappa shape index (κ1) is 22.1. The number of carboxylic acids is 1. The average molecular weight is 457 g/mol. The molecule has 0 spiro atoms. The largest absolute Gasteiger partial charge is 0.489 e. The first-order chi connectivity index (χ1) is 15.4. The third-order valence-corrected chi connectivity index (χ3v) is 5.75. The van der Waals surface area contributed by atoms with Crippen LogP contribution in [0, 0.1) is 11.8 Å². The van der Waals surface area contributed by atoms with Crippen LogP contribution in [0.2, 0.25) is 5.02 Å². The van der Waals surface area contributed by atoms with Gasteiger partial charge in [-0.25, -0.2) is 4.98 Å². The standard InChI is InChI=1S/C23H25ClN4O4/c1-13(2)31-19-7-5-15(10-18(19)24)21-27-22(32-28-21)17-6-8-20(26-12-17)25-11-14-3-4-16(9-14)23(29)30/h5-8,10,12-14,16H,3-4,9,11H2,1-2H3,(H,25,26)(H,29,30)/t14?,16-/m1/s1. The highest BCUT2D eigenvalue weighted by molar-refractivity contribution is 6.32. The van der Waals surface area contributed by atoms with Crippen molar-refractivity contribution in [3.05, 3.63) is 41.6 Å². The predicted molar refractivity (Wildman–Crippen MR) is 121 cm³/mol. The molecule has 0 aliphatic heterocycles. The molecule has 2 atom stereocenters. The molecule has 2 N–H and O–H groups in total. The topological polar surface area (TPSA) is 110 Å². The summed E-state index contributed by atoms with van der Waals surface area (Å²) in [6, 6.07) is 9.07. The SMILES string of the molecule is CC(C)Oc1ccc(-c2noc(-c3ccc(NCC4CC[C@@H](C(=O)O)C4)nc3)n2)cc1Cl. The fraction of sp³-hybridized carbons (Fsp3) is 0.391. The molecule has 2 heterocycles. The number of halogens is 1. The Kier molecular flexibility index (Phi) is 6.60. The molecule has 0 bridgehead atoms. The monoisotopic (exact) mass is 456 g/mol. The molecule has 1 unspecified atom stereocenters. The van der Waals surface area contributed by atoms with Crippen molar-refractivity contribution in [2.45, 2.75) is 39.2 Å². The van der Waals surface area contributed by atoms with E-state index in [2.05, 4.69) is 20.4 Å². The second-order valence-electron chi connectivity index (χ2n) is 8.26. The number of carbonyl (C=O) groups is 1. The molecule has 32 heavy (non-hydrogen) atoms. The van der Waals surface area contributed by atoms with Gasteiger partial charge < -0.3 is 19.7 Å². The van der Waals surface area contributed by atoms with Crippen LogP contribution < -0.4 is 10.1 Å². The number of ether oxygens (including phenoxy) is 1.